The number of carboxylic acid groups (broad SMARTS) is 1. The van der Waals surface area contributed by atoms with Crippen LogP contribution in [0.4, 0.5) is 4.79 Å². The summed E-state index contributed by atoms with van der Waals surface area (Å²) in [5, 5.41) is 16.1. The van der Waals surface area contributed by atoms with Gasteiger partial charge in [-0.2, -0.15) is 0 Å². The summed E-state index contributed by atoms with van der Waals surface area (Å²) < 4.78 is 11.8. The number of carbonyl (C=O) groups is 3. The third kappa shape index (κ3) is 9.99. The second-order valence-corrected chi connectivity index (χ2v) is 12.9. The van der Waals surface area contributed by atoms with Crippen molar-refractivity contribution in [2.75, 3.05) is 13.2 Å². The van der Waals surface area contributed by atoms with Crippen molar-refractivity contribution in [1.29, 1.82) is 0 Å². The van der Waals surface area contributed by atoms with Gasteiger partial charge in [0.25, 0.3) is 0 Å². The minimum atomic E-state index is -0.986. The van der Waals surface area contributed by atoms with Gasteiger partial charge in [0.15, 0.2) is 5.79 Å². The van der Waals surface area contributed by atoms with Crippen molar-refractivity contribution >= 4 is 17.9 Å². The van der Waals surface area contributed by atoms with Gasteiger partial charge in [-0.1, -0.05) is 83.2 Å². The summed E-state index contributed by atoms with van der Waals surface area (Å²) in [6.07, 6.45) is 6.56. The van der Waals surface area contributed by atoms with Crippen LogP contribution >= 0.6 is 0 Å². The molecule has 0 aromatic heterocycles. The number of aliphatic carboxylic acids is 1. The Balaban J connectivity index is 1.75. The van der Waals surface area contributed by atoms with Crippen LogP contribution in [0.25, 0.3) is 0 Å². The molecule has 1 aliphatic carbocycles. The lowest BCUT2D eigenvalue weighted by Crippen LogP contribution is -2.60. The smallest absolute Gasteiger partial charge is 0.317 e. The van der Waals surface area contributed by atoms with E-state index in [0.29, 0.717) is 19.7 Å². The Morgan fingerprint density at radius 3 is 2.44 bits per heavy atom. The Kier molecular flexibility index (Phi) is 12.0. The zero-order chi connectivity index (χ0) is 30.0. The highest BCUT2D eigenvalue weighted by molar-refractivity contribution is 5.83. The first-order valence-electron chi connectivity index (χ1n) is 15.3. The molecule has 2 aliphatic rings. The molecule has 1 aromatic rings. The molecule has 9 nitrogen and oxygen atoms in total. The van der Waals surface area contributed by atoms with E-state index < -0.39 is 29.3 Å². The Bertz CT molecular complexity index is 998. The first-order chi connectivity index (χ1) is 19.4. The van der Waals surface area contributed by atoms with Crippen molar-refractivity contribution in [2.24, 2.45) is 11.3 Å². The van der Waals surface area contributed by atoms with Crippen LogP contribution in [-0.2, 0) is 25.6 Å². The number of hydrogen-bond donors (Lipinski definition) is 3. The highest BCUT2D eigenvalue weighted by Crippen LogP contribution is 2.36. The summed E-state index contributed by atoms with van der Waals surface area (Å²) in [5.74, 6) is -2.45. The van der Waals surface area contributed by atoms with E-state index in [1.165, 1.54) is 0 Å². The second-order valence-electron chi connectivity index (χ2n) is 12.9. The van der Waals surface area contributed by atoms with Crippen LogP contribution in [0, 0.1) is 11.3 Å². The quantitative estimate of drug-likeness (QED) is 0.269. The van der Waals surface area contributed by atoms with Crippen LogP contribution in [0.15, 0.2) is 30.3 Å². The number of nitrogens with one attached hydrogen (secondary N) is 2. The molecule has 1 heterocycles. The Morgan fingerprint density at radius 2 is 1.76 bits per heavy atom. The maximum Gasteiger partial charge on any atom is 0.317 e. The Labute approximate surface area is 245 Å². The summed E-state index contributed by atoms with van der Waals surface area (Å²) >= 11 is 0. The van der Waals surface area contributed by atoms with E-state index in [-0.39, 0.29) is 30.3 Å². The van der Waals surface area contributed by atoms with Crippen molar-refractivity contribution in [3.8, 4) is 0 Å². The van der Waals surface area contributed by atoms with Gasteiger partial charge < -0.3 is 30.1 Å². The van der Waals surface area contributed by atoms with Gasteiger partial charge >= 0.3 is 12.0 Å². The molecule has 0 spiro atoms. The van der Waals surface area contributed by atoms with Crippen LogP contribution in [0.2, 0.25) is 0 Å². The molecule has 1 saturated carbocycles. The topological polar surface area (TPSA) is 117 Å². The van der Waals surface area contributed by atoms with Crippen LogP contribution in [0.3, 0.4) is 0 Å². The van der Waals surface area contributed by atoms with E-state index in [2.05, 4.69) is 17.6 Å². The number of amides is 3. The van der Waals surface area contributed by atoms with E-state index in [0.717, 1.165) is 56.9 Å². The van der Waals surface area contributed by atoms with E-state index in [9.17, 15) is 19.5 Å². The normalized spacial score (nSPS) is 24.2. The lowest BCUT2D eigenvalue weighted by Gasteiger charge is -2.45. The largest absolute Gasteiger partial charge is 0.481 e. The minimum Gasteiger partial charge on any atom is -0.481 e. The standard InChI is InChI=1S/C32H51N3O6/c1-6-7-8-14-19-35(21-23-15-10-9-11-16-23)30(39)34-25-18-13-12-17-24(25)26(20-27(36)37)33-29(38)28-31(2,3)22-40-32(4,5)41-28/h9-11,15-16,24-26,28H,6-8,12-14,17-22H2,1-5H3,(H,33,38)(H,34,39)(H,36,37). The van der Waals surface area contributed by atoms with Gasteiger partial charge in [-0.05, 0) is 38.7 Å². The third-order valence-corrected chi connectivity index (χ3v) is 8.29. The van der Waals surface area contributed by atoms with E-state index >= 15 is 0 Å². The average molecular weight is 574 g/mol. The monoisotopic (exact) mass is 573 g/mol. The first kappa shape index (κ1) is 32.9. The second kappa shape index (κ2) is 15.0. The molecule has 3 amide bonds. The molecule has 4 atom stereocenters. The van der Waals surface area contributed by atoms with Crippen LogP contribution < -0.4 is 10.6 Å². The number of nitrogens with zero attached hydrogens (tertiary/aromatic N) is 1. The fraction of sp³-hybridized carbons (Fsp3) is 0.719. The number of hydrogen-bond acceptors (Lipinski definition) is 5. The van der Waals surface area contributed by atoms with Crippen molar-refractivity contribution in [3.05, 3.63) is 35.9 Å². The van der Waals surface area contributed by atoms with Gasteiger partial charge in [0.2, 0.25) is 5.91 Å². The molecule has 4 unspecified atom stereocenters. The molecule has 3 rings (SSSR count). The number of benzene rings is 1. The molecule has 1 aliphatic heterocycles. The molecule has 9 heteroatoms. The predicted molar refractivity (Wildman–Crippen MR) is 158 cm³/mol. The lowest BCUT2D eigenvalue weighted by molar-refractivity contribution is -0.304. The van der Waals surface area contributed by atoms with Gasteiger partial charge in [-0.15, -0.1) is 0 Å². The SMILES string of the molecule is CCCCCCN(Cc1ccccc1)C(=O)NC1CCCCC1C(CC(=O)O)NC(=O)C1OC(C)(C)OCC1(C)C. The number of carbonyl (C=O) groups excluding carboxylic acids is 2. The molecule has 41 heavy (non-hydrogen) atoms. The molecule has 1 aromatic carbocycles. The fourth-order valence-electron chi connectivity index (χ4n) is 5.93. The average Bonchev–Trinajstić information content (AvgIpc) is 2.92. The highest BCUT2D eigenvalue weighted by atomic mass is 16.7. The Morgan fingerprint density at radius 1 is 1.05 bits per heavy atom. The van der Waals surface area contributed by atoms with Crippen molar-refractivity contribution in [3.63, 3.8) is 0 Å². The summed E-state index contributed by atoms with van der Waals surface area (Å²) in [4.78, 5) is 41.1. The summed E-state index contributed by atoms with van der Waals surface area (Å²) in [6.45, 7) is 11.0. The molecule has 1 saturated heterocycles. The molecular formula is C32H51N3O6. The summed E-state index contributed by atoms with van der Waals surface area (Å²) in [6, 6.07) is 8.94. The molecule has 3 N–H and O–H groups in total. The van der Waals surface area contributed by atoms with Gasteiger partial charge in [0.05, 0.1) is 13.0 Å². The van der Waals surface area contributed by atoms with Crippen molar-refractivity contribution in [1.82, 2.24) is 15.5 Å². The van der Waals surface area contributed by atoms with Gasteiger partial charge in [0, 0.05) is 36.5 Å². The third-order valence-electron chi connectivity index (χ3n) is 8.29. The van der Waals surface area contributed by atoms with Gasteiger partial charge in [-0.3, -0.25) is 9.59 Å². The highest BCUT2D eigenvalue weighted by Gasteiger charge is 2.47. The van der Waals surface area contributed by atoms with E-state index in [1.807, 2.05) is 49.1 Å². The van der Waals surface area contributed by atoms with E-state index in [1.54, 1.807) is 13.8 Å². The van der Waals surface area contributed by atoms with E-state index in [4.69, 9.17) is 9.47 Å². The lowest BCUT2D eigenvalue weighted by atomic mass is 9.78. The maximum atomic E-state index is 13.7. The first-order valence-corrected chi connectivity index (χ1v) is 15.3. The molecular weight excluding hydrogens is 522 g/mol. The number of carboxylic acids is 1. The van der Waals surface area contributed by atoms with Crippen molar-refractivity contribution < 1.29 is 29.0 Å². The van der Waals surface area contributed by atoms with Crippen LogP contribution in [0.5, 0.6) is 0 Å². The molecule has 2 fully saturated rings. The van der Waals surface area contributed by atoms with Gasteiger partial charge in [-0.25, -0.2) is 4.79 Å². The van der Waals surface area contributed by atoms with Crippen molar-refractivity contribution in [2.45, 2.75) is 123 Å². The molecule has 0 radical (unpaired) electrons. The van der Waals surface area contributed by atoms with Crippen LogP contribution in [0.1, 0.15) is 98.0 Å². The number of rotatable bonds is 13. The maximum absolute atomic E-state index is 13.7. The number of ether oxygens (including phenoxy) is 2. The molecule has 0 bridgehead atoms. The van der Waals surface area contributed by atoms with Crippen LogP contribution in [-0.4, -0.2) is 65.0 Å². The Hall–Kier alpha value is -2.65. The minimum absolute atomic E-state index is 0.140. The fourth-order valence-corrected chi connectivity index (χ4v) is 5.93. The zero-order valence-electron chi connectivity index (χ0n) is 25.6. The number of urea groups is 1. The molecule has 230 valence electrons. The predicted octanol–water partition coefficient (Wildman–Crippen LogP) is 5.47. The zero-order valence-corrected chi connectivity index (χ0v) is 25.6. The van der Waals surface area contributed by atoms with Gasteiger partial charge in [0.1, 0.15) is 6.10 Å². The number of unbranched alkanes of at least 4 members (excludes halogenated alkanes) is 3. The summed E-state index contributed by atoms with van der Waals surface area (Å²) in [5.41, 5.74) is 0.486. The summed E-state index contributed by atoms with van der Waals surface area (Å²) in [7, 11) is 0.